The number of benzene rings is 3. The molecule has 0 aliphatic rings. The van der Waals surface area contributed by atoms with Gasteiger partial charge in [-0.25, -0.2) is 0 Å². The number of thioether (sulfide) groups is 1. The maximum Gasteiger partial charge on any atom is 0.233 e. The summed E-state index contributed by atoms with van der Waals surface area (Å²) in [7, 11) is 1.68. The van der Waals surface area contributed by atoms with Crippen molar-refractivity contribution in [2.75, 3.05) is 19.5 Å². The lowest BCUT2D eigenvalue weighted by atomic mass is 10.1. The van der Waals surface area contributed by atoms with Crippen molar-refractivity contribution in [3.05, 3.63) is 102 Å². The molecule has 0 unspecified atom stereocenters. The number of rotatable bonds is 11. The van der Waals surface area contributed by atoms with Gasteiger partial charge >= 0.3 is 0 Å². The number of aromatic nitrogens is 3. The van der Waals surface area contributed by atoms with Crippen molar-refractivity contribution in [3.8, 4) is 11.4 Å². The molecule has 0 atom stereocenters. The maximum absolute atomic E-state index is 13.4. The summed E-state index contributed by atoms with van der Waals surface area (Å²) < 4.78 is 7.36. The fraction of sp³-hybridized carbons (Fsp3) is 0.250. The van der Waals surface area contributed by atoms with Gasteiger partial charge in [0.25, 0.3) is 0 Å². The van der Waals surface area contributed by atoms with Crippen molar-refractivity contribution in [3.63, 3.8) is 0 Å². The Morgan fingerprint density at radius 3 is 2.17 bits per heavy atom. The third-order valence-corrected chi connectivity index (χ3v) is 6.57. The Balaban J connectivity index is 1.52. The summed E-state index contributed by atoms with van der Waals surface area (Å²) in [5.41, 5.74) is 4.37. The predicted octanol–water partition coefficient (Wildman–Crippen LogP) is 5.22. The van der Waals surface area contributed by atoms with Gasteiger partial charge in [0.2, 0.25) is 5.91 Å². The van der Waals surface area contributed by atoms with Crippen molar-refractivity contribution >= 4 is 17.7 Å². The minimum Gasteiger partial charge on any atom is -0.383 e. The van der Waals surface area contributed by atoms with Crippen molar-refractivity contribution in [2.24, 2.45) is 0 Å². The molecule has 7 heteroatoms. The van der Waals surface area contributed by atoms with Crippen LogP contribution < -0.4 is 0 Å². The molecule has 0 spiro atoms. The van der Waals surface area contributed by atoms with E-state index in [1.165, 1.54) is 11.8 Å². The zero-order valence-corrected chi connectivity index (χ0v) is 20.9. The molecule has 0 aliphatic carbocycles. The van der Waals surface area contributed by atoms with Crippen LogP contribution in [0.5, 0.6) is 0 Å². The fourth-order valence-electron chi connectivity index (χ4n) is 3.83. The summed E-state index contributed by atoms with van der Waals surface area (Å²) in [5, 5.41) is 9.59. The number of carbonyl (C=O) groups is 1. The Morgan fingerprint density at radius 1 is 0.914 bits per heavy atom. The molecule has 3 aromatic carbocycles. The van der Waals surface area contributed by atoms with E-state index in [-0.39, 0.29) is 11.7 Å². The van der Waals surface area contributed by atoms with Gasteiger partial charge in [-0.05, 0) is 24.1 Å². The van der Waals surface area contributed by atoms with Gasteiger partial charge in [-0.1, -0.05) is 96.2 Å². The van der Waals surface area contributed by atoms with Crippen LogP contribution in [0.25, 0.3) is 11.4 Å². The molecule has 0 N–H and O–H groups in total. The molecule has 1 amide bonds. The standard InChI is InChI=1S/C28H30N4O2S/c1-22-10-9-15-25(18-22)27-29-30-28(32(27)16-17-34-2)35-21-26(33)31(19-23-11-5-3-6-12-23)20-24-13-7-4-8-14-24/h3-15,18H,16-17,19-21H2,1-2H3. The predicted molar refractivity (Wildman–Crippen MR) is 140 cm³/mol. The molecule has 35 heavy (non-hydrogen) atoms. The largest absolute Gasteiger partial charge is 0.383 e. The van der Waals surface area contributed by atoms with Crippen molar-refractivity contribution in [2.45, 2.75) is 31.7 Å². The molecule has 6 nitrogen and oxygen atoms in total. The lowest BCUT2D eigenvalue weighted by molar-refractivity contribution is -0.129. The van der Waals surface area contributed by atoms with Crippen molar-refractivity contribution in [1.29, 1.82) is 0 Å². The van der Waals surface area contributed by atoms with Gasteiger partial charge < -0.3 is 9.64 Å². The Labute approximate surface area is 211 Å². The van der Waals surface area contributed by atoms with E-state index in [4.69, 9.17) is 4.74 Å². The van der Waals surface area contributed by atoms with E-state index >= 15 is 0 Å². The Kier molecular flexibility index (Phi) is 8.70. The smallest absolute Gasteiger partial charge is 0.233 e. The summed E-state index contributed by atoms with van der Waals surface area (Å²) >= 11 is 1.42. The first-order chi connectivity index (χ1) is 17.1. The highest BCUT2D eigenvalue weighted by molar-refractivity contribution is 7.99. The first-order valence-electron chi connectivity index (χ1n) is 11.6. The SMILES string of the molecule is COCCn1c(SCC(=O)N(Cc2ccccc2)Cc2ccccc2)nnc1-c1cccc(C)c1. The number of aryl methyl sites for hydroxylation is 1. The van der Waals surface area contributed by atoms with Crippen molar-refractivity contribution in [1.82, 2.24) is 19.7 Å². The molecule has 0 radical (unpaired) electrons. The summed E-state index contributed by atoms with van der Waals surface area (Å²) in [6.45, 7) is 4.31. The molecule has 4 rings (SSSR count). The molecular formula is C28H30N4O2S. The molecule has 180 valence electrons. The number of nitrogens with zero attached hydrogens (tertiary/aromatic N) is 4. The van der Waals surface area contributed by atoms with E-state index in [1.54, 1.807) is 7.11 Å². The highest BCUT2D eigenvalue weighted by Gasteiger charge is 2.19. The van der Waals surface area contributed by atoms with Gasteiger partial charge in [0.05, 0.1) is 18.9 Å². The molecular weight excluding hydrogens is 456 g/mol. The number of carbonyl (C=O) groups excluding carboxylic acids is 1. The number of ether oxygens (including phenoxy) is 1. The summed E-state index contributed by atoms with van der Waals surface area (Å²) in [6, 6.07) is 28.4. The average molecular weight is 487 g/mol. The lowest BCUT2D eigenvalue weighted by Crippen LogP contribution is -2.31. The summed E-state index contributed by atoms with van der Waals surface area (Å²) in [5.74, 6) is 1.12. The van der Waals surface area contributed by atoms with Crippen LogP contribution >= 0.6 is 11.8 Å². The molecule has 1 aromatic heterocycles. The van der Waals surface area contributed by atoms with Crippen LogP contribution in [0, 0.1) is 6.92 Å². The molecule has 0 fully saturated rings. The first kappa shape index (κ1) is 24.7. The molecule has 4 aromatic rings. The molecule has 0 saturated heterocycles. The second kappa shape index (κ2) is 12.3. The van der Waals surface area contributed by atoms with Crippen LogP contribution in [-0.4, -0.2) is 45.0 Å². The highest BCUT2D eigenvalue weighted by Crippen LogP contribution is 2.25. The summed E-state index contributed by atoms with van der Waals surface area (Å²) in [6.07, 6.45) is 0. The van der Waals surface area contributed by atoms with E-state index in [0.29, 0.717) is 31.4 Å². The topological polar surface area (TPSA) is 60.2 Å². The Bertz CT molecular complexity index is 1190. The number of hydrogen-bond acceptors (Lipinski definition) is 5. The van der Waals surface area contributed by atoms with Crippen LogP contribution in [0.15, 0.2) is 90.1 Å². The molecule has 0 saturated carbocycles. The van der Waals surface area contributed by atoms with Crippen LogP contribution in [0.1, 0.15) is 16.7 Å². The number of hydrogen-bond donors (Lipinski definition) is 0. The van der Waals surface area contributed by atoms with Gasteiger partial charge in [-0.3, -0.25) is 9.36 Å². The zero-order valence-electron chi connectivity index (χ0n) is 20.1. The van der Waals surface area contributed by atoms with Gasteiger partial charge in [0, 0.05) is 25.8 Å². The third-order valence-electron chi connectivity index (χ3n) is 5.62. The highest BCUT2D eigenvalue weighted by atomic mass is 32.2. The normalized spacial score (nSPS) is 10.9. The summed E-state index contributed by atoms with van der Waals surface area (Å²) in [4.78, 5) is 15.3. The number of amides is 1. The van der Waals surface area contributed by atoms with Crippen LogP contribution in [0.3, 0.4) is 0 Å². The lowest BCUT2D eigenvalue weighted by Gasteiger charge is -2.23. The average Bonchev–Trinajstić information content (AvgIpc) is 3.29. The molecule has 0 aliphatic heterocycles. The van der Waals surface area contributed by atoms with E-state index in [1.807, 2.05) is 82.3 Å². The van der Waals surface area contributed by atoms with E-state index in [9.17, 15) is 4.79 Å². The fourth-order valence-corrected chi connectivity index (χ4v) is 4.70. The van der Waals surface area contributed by atoms with E-state index in [2.05, 4.69) is 29.3 Å². The quantitative estimate of drug-likeness (QED) is 0.272. The monoisotopic (exact) mass is 486 g/mol. The van der Waals surface area contributed by atoms with E-state index < -0.39 is 0 Å². The Hall–Kier alpha value is -3.42. The van der Waals surface area contributed by atoms with Gasteiger partial charge in [-0.15, -0.1) is 10.2 Å². The molecule has 1 heterocycles. The Morgan fingerprint density at radius 2 is 1.57 bits per heavy atom. The van der Waals surface area contributed by atoms with Crippen LogP contribution in [-0.2, 0) is 29.2 Å². The van der Waals surface area contributed by atoms with Crippen LogP contribution in [0.4, 0.5) is 0 Å². The minimum absolute atomic E-state index is 0.0566. The van der Waals surface area contributed by atoms with Crippen LogP contribution in [0.2, 0.25) is 0 Å². The maximum atomic E-state index is 13.4. The number of methoxy groups -OCH3 is 1. The second-order valence-corrected chi connectivity index (χ2v) is 9.27. The zero-order chi connectivity index (χ0) is 24.5. The van der Waals surface area contributed by atoms with Gasteiger partial charge in [0.1, 0.15) is 0 Å². The minimum atomic E-state index is 0.0566. The van der Waals surface area contributed by atoms with Crippen molar-refractivity contribution < 1.29 is 9.53 Å². The van der Waals surface area contributed by atoms with Gasteiger partial charge in [-0.2, -0.15) is 0 Å². The third kappa shape index (κ3) is 6.81. The second-order valence-electron chi connectivity index (χ2n) is 8.33. The van der Waals surface area contributed by atoms with Gasteiger partial charge in [0.15, 0.2) is 11.0 Å². The van der Waals surface area contributed by atoms with E-state index in [0.717, 1.165) is 28.1 Å². The first-order valence-corrected chi connectivity index (χ1v) is 12.6. The molecule has 0 bridgehead atoms.